The van der Waals surface area contributed by atoms with Crippen LogP contribution >= 0.6 is 0 Å². The molecule has 37 heavy (non-hydrogen) atoms. The average molecular weight is 508 g/mol. The van der Waals surface area contributed by atoms with Crippen molar-refractivity contribution >= 4 is 29.7 Å². The standard InChI is InChI=1S/C30H41N3O4/c1-7-31-29(36)33(24-18-12-9-13-19-24)32-27(34)26(21-22(2)3)25(28(35)37-30(4,5)6)20-14-17-23-15-10-8-11-16-23/h8-19,22,25-26H,7,20-21H2,1-6H3,(H,31,36)(H,32,34)/b17-14+/t25-,26+/m0/s1. The number of hydrogen-bond acceptors (Lipinski definition) is 4. The van der Waals surface area contributed by atoms with Crippen LogP contribution in [-0.2, 0) is 14.3 Å². The zero-order chi connectivity index (χ0) is 27.4. The van der Waals surface area contributed by atoms with Gasteiger partial charge in [-0.1, -0.05) is 74.5 Å². The maximum absolute atomic E-state index is 13.8. The lowest BCUT2D eigenvalue weighted by atomic mass is 9.82. The Labute approximate surface area is 221 Å². The first kappa shape index (κ1) is 29.6. The molecule has 0 aliphatic rings. The van der Waals surface area contributed by atoms with Crippen LogP contribution in [0.25, 0.3) is 6.08 Å². The van der Waals surface area contributed by atoms with Crippen LogP contribution < -0.4 is 15.8 Å². The number of rotatable bonds is 10. The second-order valence-electron chi connectivity index (χ2n) is 10.4. The molecule has 0 radical (unpaired) electrons. The maximum Gasteiger partial charge on any atom is 0.340 e. The molecule has 0 heterocycles. The molecule has 2 N–H and O–H groups in total. The van der Waals surface area contributed by atoms with Gasteiger partial charge < -0.3 is 10.1 Å². The number of nitrogens with zero attached hydrogens (tertiary/aromatic N) is 1. The maximum atomic E-state index is 13.8. The second kappa shape index (κ2) is 14.2. The molecule has 3 amide bonds. The third kappa shape index (κ3) is 10.1. The molecule has 2 aromatic carbocycles. The number of para-hydroxylation sites is 1. The van der Waals surface area contributed by atoms with Gasteiger partial charge in [0.2, 0.25) is 5.91 Å². The smallest absolute Gasteiger partial charge is 0.340 e. The van der Waals surface area contributed by atoms with Crippen LogP contribution in [0.3, 0.4) is 0 Å². The summed E-state index contributed by atoms with van der Waals surface area (Å²) in [6.45, 7) is 11.7. The Hall–Kier alpha value is -3.61. The number of ether oxygens (including phenoxy) is 1. The number of esters is 1. The molecule has 2 rings (SSSR count). The molecule has 0 aromatic heterocycles. The van der Waals surface area contributed by atoms with Crippen molar-refractivity contribution in [1.82, 2.24) is 10.7 Å². The summed E-state index contributed by atoms with van der Waals surface area (Å²) < 4.78 is 5.75. The first-order valence-electron chi connectivity index (χ1n) is 12.9. The number of amides is 3. The van der Waals surface area contributed by atoms with Crippen molar-refractivity contribution in [3.63, 3.8) is 0 Å². The van der Waals surface area contributed by atoms with Crippen molar-refractivity contribution in [2.45, 2.75) is 60.0 Å². The number of urea groups is 1. The summed E-state index contributed by atoms with van der Waals surface area (Å²) in [7, 11) is 0. The van der Waals surface area contributed by atoms with E-state index in [9.17, 15) is 14.4 Å². The van der Waals surface area contributed by atoms with Crippen molar-refractivity contribution in [1.29, 1.82) is 0 Å². The predicted octanol–water partition coefficient (Wildman–Crippen LogP) is 5.98. The highest BCUT2D eigenvalue weighted by molar-refractivity contribution is 5.96. The largest absolute Gasteiger partial charge is 0.460 e. The molecule has 0 bridgehead atoms. The summed E-state index contributed by atoms with van der Waals surface area (Å²) >= 11 is 0. The summed E-state index contributed by atoms with van der Waals surface area (Å²) in [6.07, 6.45) is 4.62. The van der Waals surface area contributed by atoms with E-state index in [1.807, 2.05) is 90.1 Å². The van der Waals surface area contributed by atoms with Crippen molar-refractivity contribution in [2.75, 3.05) is 11.6 Å². The van der Waals surface area contributed by atoms with Crippen LogP contribution in [0.2, 0.25) is 0 Å². The second-order valence-corrected chi connectivity index (χ2v) is 10.4. The monoisotopic (exact) mass is 507 g/mol. The molecule has 0 unspecified atom stereocenters. The summed E-state index contributed by atoms with van der Waals surface area (Å²) in [4.78, 5) is 40.0. The Morgan fingerprint density at radius 3 is 2.08 bits per heavy atom. The van der Waals surface area contributed by atoms with Gasteiger partial charge >= 0.3 is 12.0 Å². The van der Waals surface area contributed by atoms with Crippen molar-refractivity contribution in [3.8, 4) is 0 Å². The molecule has 2 atom stereocenters. The first-order valence-corrected chi connectivity index (χ1v) is 12.9. The molecule has 200 valence electrons. The van der Waals surface area contributed by atoms with Gasteiger partial charge in [0.15, 0.2) is 0 Å². The van der Waals surface area contributed by atoms with Crippen LogP contribution in [-0.4, -0.2) is 30.1 Å². The van der Waals surface area contributed by atoms with E-state index < -0.39 is 35.3 Å². The summed E-state index contributed by atoms with van der Waals surface area (Å²) in [5.41, 5.74) is 3.60. The van der Waals surface area contributed by atoms with Crippen molar-refractivity contribution in [2.24, 2.45) is 17.8 Å². The number of hydrogen-bond donors (Lipinski definition) is 2. The van der Waals surface area contributed by atoms with E-state index in [-0.39, 0.29) is 5.92 Å². The number of allylic oxidation sites excluding steroid dienone is 1. The lowest BCUT2D eigenvalue weighted by Crippen LogP contribution is -2.54. The van der Waals surface area contributed by atoms with Crippen LogP contribution in [0, 0.1) is 17.8 Å². The van der Waals surface area contributed by atoms with Gasteiger partial charge in [0.1, 0.15) is 5.60 Å². The number of hydrazine groups is 1. The Kier molecular flexibility index (Phi) is 11.4. The molecular weight excluding hydrogens is 466 g/mol. The number of benzene rings is 2. The van der Waals surface area contributed by atoms with Gasteiger partial charge in [-0.3, -0.25) is 15.0 Å². The Balaban J connectivity index is 2.39. The summed E-state index contributed by atoms with van der Waals surface area (Å²) in [5.74, 6) is -2.15. The molecule has 0 spiro atoms. The fourth-order valence-electron chi connectivity index (χ4n) is 3.91. The van der Waals surface area contributed by atoms with Crippen LogP contribution in [0.5, 0.6) is 0 Å². The molecule has 7 nitrogen and oxygen atoms in total. The van der Waals surface area contributed by atoms with Gasteiger partial charge in [-0.15, -0.1) is 0 Å². The van der Waals surface area contributed by atoms with Gasteiger partial charge in [-0.2, -0.15) is 0 Å². The van der Waals surface area contributed by atoms with Crippen LogP contribution in [0.1, 0.15) is 59.9 Å². The Bertz CT molecular complexity index is 1030. The quantitative estimate of drug-likeness (QED) is 0.306. The zero-order valence-corrected chi connectivity index (χ0v) is 22.9. The van der Waals surface area contributed by atoms with Gasteiger partial charge in [0, 0.05) is 6.54 Å². The number of nitrogens with one attached hydrogen (secondary N) is 2. The molecule has 0 fully saturated rings. The molecule has 0 aliphatic carbocycles. The van der Waals surface area contributed by atoms with E-state index >= 15 is 0 Å². The van der Waals surface area contributed by atoms with Crippen molar-refractivity contribution in [3.05, 3.63) is 72.3 Å². The molecular formula is C30H41N3O4. The zero-order valence-electron chi connectivity index (χ0n) is 22.9. The summed E-state index contributed by atoms with van der Waals surface area (Å²) in [6, 6.07) is 18.2. The van der Waals surface area contributed by atoms with Crippen LogP contribution in [0.15, 0.2) is 66.7 Å². The fraction of sp³-hybridized carbons (Fsp3) is 0.433. The van der Waals surface area contributed by atoms with Gasteiger partial charge in [-0.25, -0.2) is 9.80 Å². The Morgan fingerprint density at radius 2 is 1.54 bits per heavy atom. The average Bonchev–Trinajstić information content (AvgIpc) is 2.84. The molecule has 0 saturated heterocycles. The molecule has 0 saturated carbocycles. The lowest BCUT2D eigenvalue weighted by molar-refractivity contribution is -0.164. The fourth-order valence-corrected chi connectivity index (χ4v) is 3.91. The number of anilines is 1. The molecule has 2 aromatic rings. The van der Waals surface area contributed by atoms with E-state index in [1.165, 1.54) is 5.01 Å². The minimum absolute atomic E-state index is 0.133. The van der Waals surface area contributed by atoms with Crippen molar-refractivity contribution < 1.29 is 19.1 Å². The predicted molar refractivity (Wildman–Crippen MR) is 149 cm³/mol. The van der Waals surface area contributed by atoms with E-state index in [4.69, 9.17) is 4.74 Å². The highest BCUT2D eigenvalue weighted by atomic mass is 16.6. The topological polar surface area (TPSA) is 87.7 Å². The number of carbonyl (C=O) groups is 3. The van der Waals surface area contributed by atoms with Crippen LogP contribution in [0.4, 0.5) is 10.5 Å². The molecule has 0 aliphatic heterocycles. The van der Waals surface area contributed by atoms with E-state index in [0.29, 0.717) is 25.1 Å². The van der Waals surface area contributed by atoms with E-state index in [0.717, 1.165) is 5.56 Å². The Morgan fingerprint density at radius 1 is 0.946 bits per heavy atom. The van der Waals surface area contributed by atoms with Gasteiger partial charge in [0.05, 0.1) is 17.5 Å². The lowest BCUT2D eigenvalue weighted by Gasteiger charge is -2.31. The van der Waals surface area contributed by atoms with E-state index in [2.05, 4.69) is 10.7 Å². The first-order chi connectivity index (χ1) is 17.5. The number of carbonyl (C=O) groups excluding carboxylic acids is 3. The molecule has 7 heteroatoms. The SMILES string of the molecule is CCNC(=O)N(NC(=O)[C@H](CC(C)C)[C@H](C/C=C/c1ccccc1)C(=O)OC(C)(C)C)c1ccccc1. The minimum atomic E-state index is -0.728. The van der Waals surface area contributed by atoms with E-state index in [1.54, 1.807) is 24.3 Å². The van der Waals surface area contributed by atoms with Gasteiger partial charge in [-0.05, 0) is 64.2 Å². The summed E-state index contributed by atoms with van der Waals surface area (Å²) in [5, 5.41) is 3.93. The third-order valence-electron chi connectivity index (χ3n) is 5.52. The highest BCUT2D eigenvalue weighted by Crippen LogP contribution is 2.28. The minimum Gasteiger partial charge on any atom is -0.460 e. The third-order valence-corrected chi connectivity index (χ3v) is 5.52. The van der Waals surface area contributed by atoms with Gasteiger partial charge in [0.25, 0.3) is 0 Å². The highest BCUT2D eigenvalue weighted by Gasteiger charge is 2.37. The normalized spacial score (nSPS) is 13.2.